The van der Waals surface area contributed by atoms with Gasteiger partial charge in [-0.3, -0.25) is 19.7 Å². The average Bonchev–Trinajstić information content (AvgIpc) is 3.29. The van der Waals surface area contributed by atoms with E-state index in [2.05, 4.69) is 15.8 Å². The molecule has 20 heteroatoms. The molecule has 1 aliphatic carbocycles. The van der Waals surface area contributed by atoms with Crippen LogP contribution in [0.2, 0.25) is 5.02 Å². The number of fused-ring (bicyclic) bond motifs is 5. The van der Waals surface area contributed by atoms with Crippen molar-refractivity contribution >= 4 is 80.1 Å². The number of esters is 1. The van der Waals surface area contributed by atoms with Gasteiger partial charge in [0.25, 0.3) is 0 Å². The third kappa shape index (κ3) is 14.7. The number of hydrogen-bond donors (Lipinski definition) is 5. The highest BCUT2D eigenvalue weighted by Gasteiger charge is 2.49. The van der Waals surface area contributed by atoms with Crippen LogP contribution in [-0.4, -0.2) is 125 Å². The monoisotopic (exact) mass is 1030 g/mol. The minimum atomic E-state index is -1.93. The summed E-state index contributed by atoms with van der Waals surface area (Å²) in [5.74, 6) is -1.98. The van der Waals surface area contributed by atoms with E-state index in [4.69, 9.17) is 36.3 Å². The summed E-state index contributed by atoms with van der Waals surface area (Å²) in [7, 11) is 8.75. The number of ether oxygens (including phenoxy) is 4. The molecule has 6 N–H and O–H groups in total. The van der Waals surface area contributed by atoms with Crippen LogP contribution in [0.25, 0.3) is 0 Å². The first-order chi connectivity index (χ1) is 32.9. The summed E-state index contributed by atoms with van der Waals surface area (Å²) in [6.07, 6.45) is 3.26. The molecule has 3 aliphatic rings. The van der Waals surface area contributed by atoms with Gasteiger partial charge in [-0.25, -0.2) is 15.0 Å². The number of carbonyl (C=O) groups is 5. The molecule has 0 spiro atoms. The van der Waals surface area contributed by atoms with Gasteiger partial charge in [-0.15, -0.1) is 0 Å². The lowest BCUT2D eigenvalue weighted by Crippen LogP contribution is -2.63. The standard InChI is InChI=1S/C50H69ClN6O11S2/c1-29-13-11-16-40(66-10)50(64)27-39(67-47(62)53-50)30(2)26-49(6,63)41(25-44(60)57(8)37-22-32(21-29)23-38(65-9)45(37)51)68-46(61)31(3)56(7)43(59)19-20-69-70-48(4,5)28-42(58)55-54-36-15-12-14-33-24-34(52)17-18-35(33)36/h11,13,16-18,22-24,30-31,39-41,63-64H,12,14-15,19-21,25-28,52H2,1-10H3,(H,53,62)(H,55,58)/b16-11+,29-13+,54-36-/t30-,31-,39-,40+,41-,49?,50-/m0/s1. The Hall–Kier alpha value is -4.79. The Morgan fingerprint density at radius 2 is 1.89 bits per heavy atom. The number of halogens is 1. The highest BCUT2D eigenvalue weighted by molar-refractivity contribution is 8.77. The van der Waals surface area contributed by atoms with Gasteiger partial charge in [0.1, 0.15) is 35.1 Å². The zero-order valence-electron chi connectivity index (χ0n) is 41.8. The van der Waals surface area contributed by atoms with E-state index in [1.807, 2.05) is 45.0 Å². The SMILES string of the molecule is COc1cc2cc(c1Cl)N(C)C(=O)C[C@H](OC(=O)[C@H](C)N(C)C(=O)CCSSC(C)(C)CC(=O)N/N=C1/CCCc3cc(N)ccc31)C(C)(O)C[C@H](C)[C@@H]1C[C@@](O)(NC(=O)O1)[C@H](OC)/C=C/C=C(\C)C2. The molecule has 5 rings (SSSR count). The van der Waals surface area contributed by atoms with Gasteiger partial charge >= 0.3 is 12.1 Å². The zero-order chi connectivity index (χ0) is 51.7. The lowest BCUT2D eigenvalue weighted by Gasteiger charge is -2.43. The number of hydrazone groups is 1. The summed E-state index contributed by atoms with van der Waals surface area (Å²) in [5, 5.41) is 31.2. The van der Waals surface area contributed by atoms with Gasteiger partial charge in [0.05, 0.1) is 30.5 Å². The minimum Gasteiger partial charge on any atom is -0.495 e. The summed E-state index contributed by atoms with van der Waals surface area (Å²) in [5.41, 5.74) is 10.4. The van der Waals surface area contributed by atoms with Gasteiger partial charge in [-0.05, 0) is 108 Å². The molecule has 2 aromatic rings. The Morgan fingerprint density at radius 1 is 1.16 bits per heavy atom. The fourth-order valence-electron chi connectivity index (χ4n) is 8.75. The molecule has 0 radical (unpaired) electrons. The van der Waals surface area contributed by atoms with E-state index >= 15 is 0 Å². The molecule has 2 aromatic carbocycles. The molecule has 384 valence electrons. The van der Waals surface area contributed by atoms with Crippen LogP contribution in [0, 0.1) is 5.92 Å². The summed E-state index contributed by atoms with van der Waals surface area (Å²) in [4.78, 5) is 70.3. The minimum absolute atomic E-state index is 0.0627. The van der Waals surface area contributed by atoms with Crippen LogP contribution in [-0.2, 0) is 46.2 Å². The molecule has 2 heterocycles. The molecule has 0 saturated carbocycles. The largest absolute Gasteiger partial charge is 0.495 e. The van der Waals surface area contributed by atoms with Gasteiger partial charge in [-0.2, -0.15) is 5.10 Å². The van der Waals surface area contributed by atoms with Crippen molar-refractivity contribution in [2.24, 2.45) is 11.0 Å². The van der Waals surface area contributed by atoms with Gasteiger partial charge < -0.3 is 44.7 Å². The van der Waals surface area contributed by atoms with Crippen molar-refractivity contribution in [1.82, 2.24) is 15.6 Å². The smallest absolute Gasteiger partial charge is 0.409 e. The molecule has 2 aliphatic heterocycles. The van der Waals surface area contributed by atoms with Crippen molar-refractivity contribution in [3.05, 3.63) is 75.8 Å². The van der Waals surface area contributed by atoms with Crippen LogP contribution in [0.4, 0.5) is 16.2 Å². The summed E-state index contributed by atoms with van der Waals surface area (Å²) in [6.45, 7) is 10.4. The molecule has 4 bridgehead atoms. The number of alkyl carbamates (subject to hydrolysis) is 1. The van der Waals surface area contributed by atoms with Crippen LogP contribution in [0.5, 0.6) is 5.75 Å². The van der Waals surface area contributed by atoms with Gasteiger partial charge in [0.2, 0.25) is 17.7 Å². The lowest BCUT2D eigenvalue weighted by molar-refractivity contribution is -0.176. The molecule has 1 saturated heterocycles. The maximum atomic E-state index is 14.3. The number of nitrogens with one attached hydrogen (secondary N) is 2. The van der Waals surface area contributed by atoms with Crippen molar-refractivity contribution in [3.8, 4) is 5.75 Å². The van der Waals surface area contributed by atoms with E-state index in [1.165, 1.54) is 73.6 Å². The molecular weight excluding hydrogens is 960 g/mol. The lowest BCUT2D eigenvalue weighted by atomic mass is 9.81. The number of nitrogens with zero attached hydrogens (tertiary/aromatic N) is 3. The molecule has 70 heavy (non-hydrogen) atoms. The molecule has 4 amide bonds. The average molecular weight is 1030 g/mol. The summed E-state index contributed by atoms with van der Waals surface area (Å²) < 4.78 is 22.4. The topological polar surface area (TPSA) is 232 Å². The van der Waals surface area contributed by atoms with E-state index < -0.39 is 70.7 Å². The number of likely N-dealkylation sites (N-methyl/N-ethyl adjacent to an activating group) is 1. The summed E-state index contributed by atoms with van der Waals surface area (Å²) >= 11 is 6.79. The number of aryl methyl sites for hydroxylation is 1. The number of nitrogens with two attached hydrogens (primary N) is 1. The fourth-order valence-corrected chi connectivity index (χ4v) is 11.5. The number of hydrogen-bond acceptors (Lipinski definition) is 15. The van der Waals surface area contributed by atoms with Gasteiger partial charge in [-0.1, -0.05) is 70.0 Å². The highest BCUT2D eigenvalue weighted by atomic mass is 35.5. The van der Waals surface area contributed by atoms with E-state index in [9.17, 15) is 34.2 Å². The normalized spacial score (nSPS) is 26.7. The van der Waals surface area contributed by atoms with Crippen LogP contribution in [0.1, 0.15) is 103 Å². The highest BCUT2D eigenvalue weighted by Crippen LogP contribution is 2.40. The number of benzene rings is 2. The van der Waals surface area contributed by atoms with E-state index in [-0.39, 0.29) is 42.5 Å². The quantitative estimate of drug-likeness (QED) is 0.0453. The molecular formula is C50H69ClN6O11S2. The van der Waals surface area contributed by atoms with Crippen molar-refractivity contribution in [2.75, 3.05) is 44.7 Å². The van der Waals surface area contributed by atoms with Crippen molar-refractivity contribution < 1.29 is 53.1 Å². The Labute approximate surface area is 424 Å². The molecule has 0 aromatic heterocycles. The first kappa shape index (κ1) is 56.1. The zero-order valence-corrected chi connectivity index (χ0v) is 44.1. The van der Waals surface area contributed by atoms with E-state index in [1.54, 1.807) is 31.2 Å². The number of amides is 4. The first-order valence-corrected chi connectivity index (χ1v) is 26.0. The fraction of sp³-hybridized carbons (Fsp3) is 0.560. The number of rotatable bonds is 13. The molecule has 17 nitrogen and oxygen atoms in total. The van der Waals surface area contributed by atoms with Crippen LogP contribution < -0.4 is 26.1 Å². The maximum absolute atomic E-state index is 14.3. The second kappa shape index (κ2) is 24.1. The number of methoxy groups -OCH3 is 2. The number of carbonyl (C=O) groups excluding carboxylic acids is 5. The molecule has 1 fully saturated rings. The van der Waals surface area contributed by atoms with Crippen LogP contribution in [0.3, 0.4) is 0 Å². The van der Waals surface area contributed by atoms with Gasteiger partial charge in [0, 0.05) is 62.2 Å². The molecule has 1 unspecified atom stereocenters. The first-order valence-electron chi connectivity index (χ1n) is 23.3. The predicted molar refractivity (Wildman–Crippen MR) is 275 cm³/mol. The van der Waals surface area contributed by atoms with Crippen molar-refractivity contribution in [3.63, 3.8) is 0 Å². The predicted octanol–water partition coefficient (Wildman–Crippen LogP) is 6.88. The summed E-state index contributed by atoms with van der Waals surface area (Å²) in [6, 6.07) is 8.09. The van der Waals surface area contributed by atoms with Gasteiger partial charge in [0.15, 0.2) is 5.72 Å². The second-order valence-electron chi connectivity index (χ2n) is 19.3. The number of anilines is 2. The maximum Gasteiger partial charge on any atom is 0.409 e. The second-order valence-corrected chi connectivity index (χ2v) is 22.8. The number of allylic oxidation sites excluding steroid dienone is 3. The van der Waals surface area contributed by atoms with E-state index in [0.717, 1.165) is 47.2 Å². The third-order valence-electron chi connectivity index (χ3n) is 12.9. The van der Waals surface area contributed by atoms with Crippen LogP contribution in [0.15, 0.2) is 59.2 Å². The van der Waals surface area contributed by atoms with Crippen LogP contribution >= 0.6 is 33.2 Å². The molecule has 7 atom stereocenters. The Bertz CT molecular complexity index is 2360. The van der Waals surface area contributed by atoms with Crippen molar-refractivity contribution in [2.45, 2.75) is 140 Å². The Balaban J connectivity index is 1.27. The number of aliphatic hydroxyl groups is 2. The third-order valence-corrected chi connectivity index (χ3v) is 16.6. The Morgan fingerprint density at radius 3 is 2.59 bits per heavy atom. The number of nitrogen functional groups attached to an aromatic ring is 1. The Kier molecular flexibility index (Phi) is 19.3. The van der Waals surface area contributed by atoms with Crippen molar-refractivity contribution in [1.29, 1.82) is 0 Å². The van der Waals surface area contributed by atoms with E-state index in [0.29, 0.717) is 29.3 Å².